The van der Waals surface area contributed by atoms with Crippen LogP contribution in [0, 0.1) is 4.77 Å². The van der Waals surface area contributed by atoms with E-state index in [0.29, 0.717) is 36.1 Å². The van der Waals surface area contributed by atoms with Crippen molar-refractivity contribution in [3.8, 4) is 0 Å². The van der Waals surface area contributed by atoms with Crippen molar-refractivity contribution in [1.29, 1.82) is 0 Å². The molecule has 1 aromatic carbocycles. The fourth-order valence-corrected chi connectivity index (χ4v) is 3.21. The van der Waals surface area contributed by atoms with Crippen LogP contribution in [0.4, 0.5) is 0 Å². The topological polar surface area (TPSA) is 76.1 Å². The molecule has 6 nitrogen and oxygen atoms in total. The quantitative estimate of drug-likeness (QED) is 0.785. The van der Waals surface area contributed by atoms with Crippen LogP contribution in [-0.4, -0.2) is 34.7 Å². The van der Waals surface area contributed by atoms with Gasteiger partial charge in [0.2, 0.25) is 5.91 Å². The number of H-pyrrole nitrogens is 1. The average Bonchev–Trinajstić information content (AvgIpc) is 3.09. The summed E-state index contributed by atoms with van der Waals surface area (Å²) >= 11 is 5.26. The van der Waals surface area contributed by atoms with Crippen LogP contribution in [0.15, 0.2) is 29.1 Å². The summed E-state index contributed by atoms with van der Waals surface area (Å²) in [5, 5.41) is 3.49. The molecule has 0 aliphatic carbocycles. The zero-order valence-corrected chi connectivity index (χ0v) is 14.2. The third kappa shape index (κ3) is 3.91. The molecule has 2 N–H and O–H groups in total. The molecule has 1 aromatic heterocycles. The van der Waals surface area contributed by atoms with Crippen LogP contribution in [0.25, 0.3) is 10.9 Å². The zero-order chi connectivity index (χ0) is 16.9. The fourth-order valence-electron chi connectivity index (χ4n) is 2.92. The number of benzene rings is 1. The minimum atomic E-state index is -0.117. The van der Waals surface area contributed by atoms with Gasteiger partial charge in [-0.25, -0.2) is 0 Å². The zero-order valence-electron chi connectivity index (χ0n) is 13.4. The van der Waals surface area contributed by atoms with Crippen LogP contribution >= 0.6 is 12.2 Å². The van der Waals surface area contributed by atoms with E-state index in [1.807, 2.05) is 18.2 Å². The van der Waals surface area contributed by atoms with Crippen molar-refractivity contribution in [2.24, 2.45) is 0 Å². The molecule has 0 saturated carbocycles. The number of aromatic nitrogens is 2. The molecule has 2 heterocycles. The minimum absolute atomic E-state index is 0.0192. The number of amides is 1. The first-order valence-corrected chi connectivity index (χ1v) is 8.66. The Morgan fingerprint density at radius 1 is 1.42 bits per heavy atom. The van der Waals surface area contributed by atoms with Gasteiger partial charge in [-0.3, -0.25) is 14.2 Å². The summed E-state index contributed by atoms with van der Waals surface area (Å²) in [5.41, 5.74) is 0.618. The Kier molecular flexibility index (Phi) is 5.42. The van der Waals surface area contributed by atoms with Crippen molar-refractivity contribution in [2.45, 2.75) is 38.3 Å². The monoisotopic (exact) mass is 347 g/mol. The van der Waals surface area contributed by atoms with Crippen molar-refractivity contribution < 1.29 is 9.53 Å². The molecule has 1 aliphatic rings. The lowest BCUT2D eigenvalue weighted by Gasteiger charge is -2.11. The molecule has 128 valence electrons. The van der Waals surface area contributed by atoms with Crippen LogP contribution in [0.5, 0.6) is 0 Å². The third-order valence-corrected chi connectivity index (χ3v) is 4.55. The number of rotatable bonds is 6. The van der Waals surface area contributed by atoms with Gasteiger partial charge < -0.3 is 15.0 Å². The molecule has 0 radical (unpaired) electrons. The van der Waals surface area contributed by atoms with Crippen LogP contribution in [0.1, 0.15) is 25.7 Å². The highest BCUT2D eigenvalue weighted by atomic mass is 32.1. The molecule has 0 spiro atoms. The molecule has 1 aliphatic heterocycles. The lowest BCUT2D eigenvalue weighted by molar-refractivity contribution is -0.121. The standard InChI is InChI=1S/C17H21N3O3S/c21-15(18-11-12-5-4-10-23-12)8-3-9-20-16(22)13-6-1-2-7-14(13)19-17(20)24/h1-2,6-7,12H,3-5,8-11H2,(H,18,21)(H,19,24)/t12-/m1/s1. The van der Waals surface area contributed by atoms with Gasteiger partial charge in [-0.15, -0.1) is 0 Å². The van der Waals surface area contributed by atoms with Gasteiger partial charge in [0, 0.05) is 26.1 Å². The van der Waals surface area contributed by atoms with Crippen LogP contribution in [0.3, 0.4) is 0 Å². The van der Waals surface area contributed by atoms with Gasteiger partial charge in [0.25, 0.3) is 5.56 Å². The van der Waals surface area contributed by atoms with Crippen molar-refractivity contribution in [2.75, 3.05) is 13.2 Å². The van der Waals surface area contributed by atoms with Crippen LogP contribution < -0.4 is 10.9 Å². The summed E-state index contributed by atoms with van der Waals surface area (Å²) in [6, 6.07) is 7.28. The molecule has 1 fully saturated rings. The minimum Gasteiger partial charge on any atom is -0.376 e. The van der Waals surface area contributed by atoms with E-state index in [4.69, 9.17) is 17.0 Å². The van der Waals surface area contributed by atoms with E-state index in [1.165, 1.54) is 4.57 Å². The van der Waals surface area contributed by atoms with Crippen molar-refractivity contribution in [3.63, 3.8) is 0 Å². The SMILES string of the molecule is O=C(CCCn1c(=S)[nH]c2ccccc2c1=O)NC[C@H]1CCCO1. The maximum atomic E-state index is 12.5. The first-order chi connectivity index (χ1) is 11.6. The van der Waals surface area contributed by atoms with Crippen molar-refractivity contribution >= 4 is 29.0 Å². The molecule has 0 bridgehead atoms. The van der Waals surface area contributed by atoms with Gasteiger partial charge >= 0.3 is 0 Å². The fraction of sp³-hybridized carbons (Fsp3) is 0.471. The summed E-state index contributed by atoms with van der Waals surface area (Å²) in [7, 11) is 0. The normalized spacial score (nSPS) is 17.2. The van der Waals surface area contributed by atoms with Gasteiger partial charge in [-0.1, -0.05) is 12.1 Å². The number of carbonyl (C=O) groups is 1. The summed E-state index contributed by atoms with van der Waals surface area (Å²) in [6.45, 7) is 1.77. The largest absolute Gasteiger partial charge is 0.376 e. The Bertz CT molecular complexity index is 837. The number of hydrogen-bond acceptors (Lipinski definition) is 4. The highest BCUT2D eigenvalue weighted by molar-refractivity contribution is 7.71. The molecular formula is C17H21N3O3S. The number of nitrogens with one attached hydrogen (secondary N) is 2. The predicted octanol–water partition coefficient (Wildman–Crippen LogP) is 2.13. The number of fused-ring (bicyclic) bond motifs is 1. The Morgan fingerprint density at radius 3 is 3.04 bits per heavy atom. The van der Waals surface area contributed by atoms with E-state index >= 15 is 0 Å². The molecule has 0 unspecified atom stereocenters. The molecule has 7 heteroatoms. The summed E-state index contributed by atoms with van der Waals surface area (Å²) < 4.78 is 7.38. The molecular weight excluding hydrogens is 326 g/mol. The molecule has 3 rings (SSSR count). The first kappa shape index (κ1) is 16.9. The van der Waals surface area contributed by atoms with Crippen molar-refractivity contribution in [3.05, 3.63) is 39.4 Å². The third-order valence-electron chi connectivity index (χ3n) is 4.23. The second-order valence-corrected chi connectivity index (χ2v) is 6.36. The lowest BCUT2D eigenvalue weighted by Crippen LogP contribution is -2.32. The second-order valence-electron chi connectivity index (χ2n) is 5.98. The van der Waals surface area contributed by atoms with Crippen LogP contribution in [-0.2, 0) is 16.1 Å². The number of carbonyl (C=O) groups excluding carboxylic acids is 1. The van der Waals surface area contributed by atoms with E-state index in [9.17, 15) is 9.59 Å². The van der Waals surface area contributed by atoms with E-state index < -0.39 is 0 Å². The molecule has 1 atom stereocenters. The number of para-hydroxylation sites is 1. The number of nitrogens with zero attached hydrogens (tertiary/aromatic N) is 1. The molecule has 1 amide bonds. The lowest BCUT2D eigenvalue weighted by atomic mass is 10.2. The summed E-state index contributed by atoms with van der Waals surface area (Å²) in [4.78, 5) is 27.4. The van der Waals surface area contributed by atoms with Gasteiger partial charge in [0.15, 0.2) is 4.77 Å². The highest BCUT2D eigenvalue weighted by Gasteiger charge is 2.16. The number of ether oxygens (including phenoxy) is 1. The van der Waals surface area contributed by atoms with Gasteiger partial charge in [0.05, 0.1) is 17.0 Å². The van der Waals surface area contributed by atoms with E-state index in [-0.39, 0.29) is 17.6 Å². The first-order valence-electron chi connectivity index (χ1n) is 8.25. The molecule has 1 saturated heterocycles. The second kappa shape index (κ2) is 7.72. The Hall–Kier alpha value is -1.99. The Labute approximate surface area is 144 Å². The molecule has 2 aromatic rings. The predicted molar refractivity (Wildman–Crippen MR) is 94.6 cm³/mol. The smallest absolute Gasteiger partial charge is 0.262 e. The molecule has 24 heavy (non-hydrogen) atoms. The van der Waals surface area contributed by atoms with Crippen LogP contribution in [0.2, 0.25) is 0 Å². The maximum Gasteiger partial charge on any atom is 0.262 e. The summed E-state index contributed by atoms with van der Waals surface area (Å²) in [5.74, 6) is -0.0192. The number of aromatic amines is 1. The summed E-state index contributed by atoms with van der Waals surface area (Å²) in [6.07, 6.45) is 3.13. The Morgan fingerprint density at radius 2 is 2.25 bits per heavy atom. The average molecular weight is 347 g/mol. The maximum absolute atomic E-state index is 12.5. The van der Waals surface area contributed by atoms with Gasteiger partial charge in [0.1, 0.15) is 0 Å². The van der Waals surface area contributed by atoms with E-state index in [0.717, 1.165) is 25.0 Å². The van der Waals surface area contributed by atoms with Gasteiger partial charge in [-0.2, -0.15) is 0 Å². The van der Waals surface area contributed by atoms with E-state index in [1.54, 1.807) is 6.07 Å². The highest BCUT2D eigenvalue weighted by Crippen LogP contribution is 2.10. The van der Waals surface area contributed by atoms with Gasteiger partial charge in [-0.05, 0) is 43.6 Å². The van der Waals surface area contributed by atoms with Crippen molar-refractivity contribution in [1.82, 2.24) is 14.9 Å². The number of hydrogen-bond donors (Lipinski definition) is 2. The Balaban J connectivity index is 1.56. The van der Waals surface area contributed by atoms with E-state index in [2.05, 4.69) is 10.3 Å².